The van der Waals surface area contributed by atoms with E-state index in [0.29, 0.717) is 37.3 Å². The van der Waals surface area contributed by atoms with Crippen LogP contribution in [-0.2, 0) is 21.5 Å². The third-order valence-corrected chi connectivity index (χ3v) is 13.3. The first-order valence-corrected chi connectivity index (χ1v) is 22.8. The Balaban J connectivity index is 0.852. The molecule has 2 aliphatic rings. The number of hydrogen-bond donors (Lipinski definition) is 3. The molecule has 3 amide bonds. The minimum atomic E-state index is -0.405. The molecule has 0 atom stereocenters. The van der Waals surface area contributed by atoms with Crippen LogP contribution in [0.1, 0.15) is 104 Å². The Bertz CT molecular complexity index is 2680. The van der Waals surface area contributed by atoms with E-state index < -0.39 is 5.91 Å². The summed E-state index contributed by atoms with van der Waals surface area (Å²) < 4.78 is 7.48. The molecule has 65 heavy (non-hydrogen) atoms. The molecule has 8 rings (SSSR count). The summed E-state index contributed by atoms with van der Waals surface area (Å²) in [5.41, 5.74) is 12.0. The molecule has 2 fully saturated rings. The van der Waals surface area contributed by atoms with E-state index in [4.69, 9.17) is 14.6 Å². The number of imide groups is 1. The summed E-state index contributed by atoms with van der Waals surface area (Å²) in [5.74, 6) is 0.456. The Hall–Kier alpha value is -6.42. The molecule has 0 bridgehead atoms. The topological polar surface area (TPSA) is 183 Å². The van der Waals surface area contributed by atoms with Crippen LogP contribution >= 0.6 is 0 Å². The molecule has 0 spiro atoms. The van der Waals surface area contributed by atoms with Crippen LogP contribution in [0.5, 0.6) is 0 Å². The standard InChI is InChI=1S/C49H62N12O4/c1-30-23-35(9-10-36(30)26-50-46(64)47-55-48(57-65-47)49(5,6)7)44-39-25-40(54-45(39)52-28-51-44)43-32(3)56-61(33(43)4)37-15-19-59(20-16-37)27-34-13-21-60(22-14-34)38-11-12-41(31(2)24-38)58(8)18-17-42(63)53-29-62/h9-12,23-25,28-29,34,37H,13-22,26-27H2,1-8H3,(H,50,64)(H,51,52,54)(H,53,62,63). The summed E-state index contributed by atoms with van der Waals surface area (Å²) in [6.07, 6.45) is 6.80. The van der Waals surface area contributed by atoms with E-state index in [1.165, 1.54) is 24.1 Å². The quantitative estimate of drug-likeness (QED) is 0.0956. The number of aryl methyl sites for hydroxylation is 3. The van der Waals surface area contributed by atoms with E-state index in [9.17, 15) is 14.4 Å². The van der Waals surface area contributed by atoms with Gasteiger partial charge in [0.05, 0.1) is 23.1 Å². The molecule has 2 aromatic carbocycles. The summed E-state index contributed by atoms with van der Waals surface area (Å²) in [6, 6.07) is 15.2. The lowest BCUT2D eigenvalue weighted by atomic mass is 9.94. The van der Waals surface area contributed by atoms with Crippen LogP contribution < -0.4 is 20.4 Å². The van der Waals surface area contributed by atoms with Crippen molar-refractivity contribution in [1.82, 2.24) is 50.4 Å². The molecule has 0 aliphatic carbocycles. The molecule has 6 aromatic rings. The highest BCUT2D eigenvalue weighted by atomic mass is 16.5. The SMILES string of the molecule is Cc1cc(-c2ncnc3[nH]c(-c4c(C)nn(C5CCN(CC6CCN(c7ccc(N(C)CCC(=O)NC=O)c(C)c7)CC6)CC5)c4C)cc23)ccc1CNC(=O)c1nc(C(C)(C)C)no1. The number of nitrogens with one attached hydrogen (secondary N) is 3. The maximum Gasteiger partial charge on any atom is 0.315 e. The summed E-state index contributed by atoms with van der Waals surface area (Å²) in [5, 5.41) is 15.2. The zero-order valence-corrected chi connectivity index (χ0v) is 39.0. The molecule has 0 unspecified atom stereocenters. The van der Waals surface area contributed by atoms with E-state index in [0.717, 1.165) is 107 Å². The Labute approximate surface area is 380 Å². The highest BCUT2D eigenvalue weighted by Gasteiger charge is 2.29. The first-order chi connectivity index (χ1) is 31.2. The lowest BCUT2D eigenvalue weighted by molar-refractivity contribution is -0.125. The molecular formula is C49H62N12O4. The van der Waals surface area contributed by atoms with E-state index >= 15 is 0 Å². The fourth-order valence-electron chi connectivity index (χ4n) is 9.50. The van der Waals surface area contributed by atoms with Gasteiger partial charge in [-0.25, -0.2) is 9.97 Å². The van der Waals surface area contributed by atoms with Gasteiger partial charge in [0.2, 0.25) is 12.3 Å². The maximum atomic E-state index is 12.8. The predicted molar refractivity (Wildman–Crippen MR) is 252 cm³/mol. The number of H-pyrrole nitrogens is 1. The number of carbonyl (C=O) groups is 3. The number of fused-ring (bicyclic) bond motifs is 1. The summed E-state index contributed by atoms with van der Waals surface area (Å²) in [6.45, 7) is 20.6. The number of aromatic nitrogens is 7. The van der Waals surface area contributed by atoms with E-state index in [2.05, 4.69) is 101 Å². The van der Waals surface area contributed by atoms with Crippen molar-refractivity contribution in [2.24, 2.45) is 5.92 Å². The molecule has 6 heterocycles. The second kappa shape index (κ2) is 19.0. The maximum absolute atomic E-state index is 12.8. The normalized spacial score (nSPS) is 15.4. The van der Waals surface area contributed by atoms with Gasteiger partial charge in [0, 0.05) is 98.3 Å². The summed E-state index contributed by atoms with van der Waals surface area (Å²) >= 11 is 0. The lowest BCUT2D eigenvalue weighted by Gasteiger charge is -2.38. The van der Waals surface area contributed by atoms with Gasteiger partial charge in [-0.2, -0.15) is 10.1 Å². The van der Waals surface area contributed by atoms with Crippen molar-refractivity contribution in [3.05, 3.63) is 88.6 Å². The van der Waals surface area contributed by atoms with Crippen molar-refractivity contribution in [2.75, 3.05) is 56.1 Å². The van der Waals surface area contributed by atoms with Crippen LogP contribution in [0, 0.1) is 33.6 Å². The zero-order valence-electron chi connectivity index (χ0n) is 39.0. The van der Waals surface area contributed by atoms with Crippen molar-refractivity contribution in [3.8, 4) is 22.5 Å². The Morgan fingerprint density at radius 1 is 0.954 bits per heavy atom. The van der Waals surface area contributed by atoms with Crippen LogP contribution in [0.4, 0.5) is 11.4 Å². The number of aromatic amines is 1. The van der Waals surface area contributed by atoms with Gasteiger partial charge in [-0.3, -0.25) is 24.4 Å². The monoisotopic (exact) mass is 883 g/mol. The van der Waals surface area contributed by atoms with Crippen LogP contribution in [0.2, 0.25) is 0 Å². The number of anilines is 2. The molecule has 4 aromatic heterocycles. The molecule has 0 radical (unpaired) electrons. The molecule has 2 saturated heterocycles. The average molecular weight is 883 g/mol. The highest BCUT2D eigenvalue weighted by Crippen LogP contribution is 2.36. The predicted octanol–water partition coefficient (Wildman–Crippen LogP) is 6.98. The van der Waals surface area contributed by atoms with E-state index in [1.807, 2.05) is 46.9 Å². The number of benzene rings is 2. The fourth-order valence-corrected chi connectivity index (χ4v) is 9.50. The average Bonchev–Trinajstić information content (AvgIpc) is 4.03. The molecule has 16 nitrogen and oxygen atoms in total. The van der Waals surface area contributed by atoms with Crippen molar-refractivity contribution in [1.29, 1.82) is 0 Å². The molecule has 3 N–H and O–H groups in total. The molecular weight excluding hydrogens is 821 g/mol. The second-order valence-corrected chi connectivity index (χ2v) is 18.9. The van der Waals surface area contributed by atoms with Gasteiger partial charge in [0.25, 0.3) is 0 Å². The van der Waals surface area contributed by atoms with E-state index in [-0.39, 0.29) is 23.6 Å². The number of amides is 3. The smallest absolute Gasteiger partial charge is 0.315 e. The molecule has 16 heteroatoms. The fraction of sp³-hybridized carbons (Fsp3) is 0.469. The van der Waals surface area contributed by atoms with Crippen molar-refractivity contribution < 1.29 is 18.9 Å². The van der Waals surface area contributed by atoms with Gasteiger partial charge in [-0.15, -0.1) is 0 Å². The third-order valence-electron chi connectivity index (χ3n) is 13.3. The Kier molecular flexibility index (Phi) is 13.2. The number of hydrogen-bond acceptors (Lipinski definition) is 12. The zero-order chi connectivity index (χ0) is 46.0. The van der Waals surface area contributed by atoms with Crippen LogP contribution in [0.3, 0.4) is 0 Å². The van der Waals surface area contributed by atoms with Gasteiger partial charge >= 0.3 is 11.8 Å². The van der Waals surface area contributed by atoms with Crippen LogP contribution in [0.25, 0.3) is 33.5 Å². The van der Waals surface area contributed by atoms with Gasteiger partial charge in [-0.05, 0) is 106 Å². The minimum absolute atomic E-state index is 0.0439. The van der Waals surface area contributed by atoms with Crippen LogP contribution in [0.15, 0.2) is 53.3 Å². The van der Waals surface area contributed by atoms with Gasteiger partial charge in [-0.1, -0.05) is 38.1 Å². The second-order valence-electron chi connectivity index (χ2n) is 18.9. The summed E-state index contributed by atoms with van der Waals surface area (Å²) in [7, 11) is 1.98. The van der Waals surface area contributed by atoms with Gasteiger partial charge in [0.1, 0.15) is 12.0 Å². The van der Waals surface area contributed by atoms with Crippen molar-refractivity contribution in [3.63, 3.8) is 0 Å². The van der Waals surface area contributed by atoms with Crippen LogP contribution in [-0.4, -0.2) is 104 Å². The first-order valence-electron chi connectivity index (χ1n) is 22.8. The van der Waals surface area contributed by atoms with Crippen molar-refractivity contribution >= 4 is 40.6 Å². The third kappa shape index (κ3) is 9.97. The minimum Gasteiger partial charge on any atom is -0.374 e. The molecule has 342 valence electrons. The number of nitrogens with zero attached hydrogens (tertiary/aromatic N) is 9. The largest absolute Gasteiger partial charge is 0.374 e. The Morgan fingerprint density at radius 3 is 2.42 bits per heavy atom. The Morgan fingerprint density at radius 2 is 1.72 bits per heavy atom. The van der Waals surface area contributed by atoms with Gasteiger partial charge in [0.15, 0.2) is 5.82 Å². The first kappa shape index (κ1) is 45.2. The number of carbonyl (C=O) groups excluding carboxylic acids is 3. The number of rotatable bonds is 14. The van der Waals surface area contributed by atoms with Gasteiger partial charge < -0.3 is 29.5 Å². The summed E-state index contributed by atoms with van der Waals surface area (Å²) in [4.78, 5) is 59.6. The molecule has 2 aliphatic heterocycles. The highest BCUT2D eigenvalue weighted by molar-refractivity contribution is 5.95. The number of likely N-dealkylation sites (tertiary alicyclic amines) is 1. The van der Waals surface area contributed by atoms with E-state index in [1.54, 1.807) is 6.33 Å². The lowest BCUT2D eigenvalue weighted by Crippen LogP contribution is -2.42. The molecule has 0 saturated carbocycles. The van der Waals surface area contributed by atoms with Crippen molar-refractivity contribution in [2.45, 2.75) is 98.6 Å². The number of piperidine rings is 2.